The molecule has 4 rings (SSSR count). The number of carbonyl (C=O) groups excluding carboxylic acids is 1. The highest BCUT2D eigenvalue weighted by Gasteiger charge is 2.43. The summed E-state index contributed by atoms with van der Waals surface area (Å²) < 4.78 is 0. The topological polar surface area (TPSA) is 46.1 Å². The van der Waals surface area contributed by atoms with Crippen molar-refractivity contribution < 1.29 is 4.79 Å². The van der Waals surface area contributed by atoms with Gasteiger partial charge in [-0.3, -0.25) is 4.79 Å². The summed E-state index contributed by atoms with van der Waals surface area (Å²) in [6, 6.07) is 8.25. The number of carbonyl (C=O) groups is 1. The standard InChI is InChI=1S/C17H17N3O/c1-11-4-2-3-5-13(11)17(21)20-12-6-7-16(20)14-9-18-10-19-15(14)8-12/h2-5,9-10,12,16H,6-8H2,1H3. The van der Waals surface area contributed by atoms with Crippen LogP contribution in [0.5, 0.6) is 0 Å². The van der Waals surface area contributed by atoms with Gasteiger partial charge in [0.15, 0.2) is 0 Å². The van der Waals surface area contributed by atoms with E-state index in [2.05, 4.69) is 14.9 Å². The lowest BCUT2D eigenvalue weighted by atomic mass is 9.97. The minimum atomic E-state index is 0.145. The summed E-state index contributed by atoms with van der Waals surface area (Å²) in [7, 11) is 0. The number of amides is 1. The van der Waals surface area contributed by atoms with Gasteiger partial charge in [0, 0.05) is 29.8 Å². The van der Waals surface area contributed by atoms with E-state index < -0.39 is 0 Å². The lowest BCUT2D eigenvalue weighted by Crippen LogP contribution is -2.42. The van der Waals surface area contributed by atoms with Crippen LogP contribution >= 0.6 is 0 Å². The van der Waals surface area contributed by atoms with Crippen LogP contribution in [0.3, 0.4) is 0 Å². The maximum Gasteiger partial charge on any atom is 0.254 e. The molecule has 1 amide bonds. The third-order valence-electron chi connectivity index (χ3n) is 4.73. The van der Waals surface area contributed by atoms with Crippen molar-refractivity contribution in [2.45, 2.75) is 38.3 Å². The highest BCUT2D eigenvalue weighted by Crippen LogP contribution is 2.43. The molecule has 21 heavy (non-hydrogen) atoms. The number of hydrogen-bond donors (Lipinski definition) is 0. The highest BCUT2D eigenvalue weighted by molar-refractivity contribution is 5.96. The molecule has 0 radical (unpaired) electrons. The highest BCUT2D eigenvalue weighted by atomic mass is 16.2. The van der Waals surface area contributed by atoms with Gasteiger partial charge in [-0.15, -0.1) is 0 Å². The Morgan fingerprint density at radius 1 is 1.29 bits per heavy atom. The van der Waals surface area contributed by atoms with E-state index in [0.29, 0.717) is 0 Å². The molecule has 4 nitrogen and oxygen atoms in total. The van der Waals surface area contributed by atoms with Crippen LogP contribution in [0.1, 0.15) is 46.1 Å². The molecule has 4 heteroatoms. The Bertz CT molecular complexity index is 713. The normalized spacial score (nSPS) is 23.0. The number of rotatable bonds is 1. The summed E-state index contributed by atoms with van der Waals surface area (Å²) in [5.41, 5.74) is 4.10. The van der Waals surface area contributed by atoms with Crippen molar-refractivity contribution in [3.05, 3.63) is 59.2 Å². The number of aryl methyl sites for hydroxylation is 1. The van der Waals surface area contributed by atoms with Crippen LogP contribution in [-0.4, -0.2) is 26.8 Å². The van der Waals surface area contributed by atoms with E-state index in [1.807, 2.05) is 37.4 Å². The van der Waals surface area contributed by atoms with Crippen LogP contribution in [-0.2, 0) is 6.42 Å². The molecule has 2 aliphatic rings. The molecular weight excluding hydrogens is 262 g/mol. The minimum Gasteiger partial charge on any atom is -0.328 e. The number of fused-ring (bicyclic) bond motifs is 4. The van der Waals surface area contributed by atoms with Gasteiger partial charge >= 0.3 is 0 Å². The number of hydrogen-bond acceptors (Lipinski definition) is 3. The van der Waals surface area contributed by atoms with Gasteiger partial charge in [0.2, 0.25) is 0 Å². The fourth-order valence-electron chi connectivity index (χ4n) is 3.69. The van der Waals surface area contributed by atoms with Gasteiger partial charge in [-0.1, -0.05) is 18.2 Å². The van der Waals surface area contributed by atoms with Crippen molar-refractivity contribution in [3.63, 3.8) is 0 Å². The van der Waals surface area contributed by atoms with E-state index >= 15 is 0 Å². The molecule has 0 N–H and O–H groups in total. The smallest absolute Gasteiger partial charge is 0.254 e. The van der Waals surface area contributed by atoms with Gasteiger partial charge in [0.05, 0.1) is 11.7 Å². The van der Waals surface area contributed by atoms with Crippen LogP contribution in [0.4, 0.5) is 0 Å². The Morgan fingerprint density at radius 2 is 2.14 bits per heavy atom. The van der Waals surface area contributed by atoms with Gasteiger partial charge < -0.3 is 4.90 Å². The zero-order valence-electron chi connectivity index (χ0n) is 12.0. The van der Waals surface area contributed by atoms with Crippen molar-refractivity contribution in [1.82, 2.24) is 14.9 Å². The second kappa shape index (κ2) is 4.65. The minimum absolute atomic E-state index is 0.145. The summed E-state index contributed by atoms with van der Waals surface area (Å²) in [6.07, 6.45) is 6.41. The molecule has 3 heterocycles. The van der Waals surface area contributed by atoms with E-state index in [-0.39, 0.29) is 18.0 Å². The lowest BCUT2D eigenvalue weighted by Gasteiger charge is -2.35. The Labute approximate surface area is 123 Å². The van der Waals surface area contributed by atoms with Crippen molar-refractivity contribution in [2.75, 3.05) is 0 Å². The summed E-state index contributed by atoms with van der Waals surface area (Å²) >= 11 is 0. The van der Waals surface area contributed by atoms with Crippen LogP contribution in [0, 0.1) is 6.92 Å². The first-order valence-corrected chi connectivity index (χ1v) is 7.43. The first-order valence-electron chi connectivity index (χ1n) is 7.43. The molecule has 0 aliphatic carbocycles. The van der Waals surface area contributed by atoms with E-state index in [9.17, 15) is 4.79 Å². The molecular formula is C17H17N3O. The van der Waals surface area contributed by atoms with E-state index in [1.54, 1.807) is 6.33 Å². The molecule has 1 fully saturated rings. The van der Waals surface area contributed by atoms with Crippen molar-refractivity contribution >= 4 is 5.91 Å². The van der Waals surface area contributed by atoms with Gasteiger partial charge in [-0.25, -0.2) is 9.97 Å². The maximum absolute atomic E-state index is 13.0. The van der Waals surface area contributed by atoms with Crippen LogP contribution in [0.25, 0.3) is 0 Å². The largest absolute Gasteiger partial charge is 0.328 e. The second-order valence-corrected chi connectivity index (χ2v) is 5.90. The quantitative estimate of drug-likeness (QED) is 0.806. The molecule has 0 saturated carbocycles. The summed E-state index contributed by atoms with van der Waals surface area (Å²) in [6.45, 7) is 2.00. The first-order chi connectivity index (χ1) is 10.3. The summed E-state index contributed by atoms with van der Waals surface area (Å²) in [5, 5.41) is 0. The molecule has 106 valence electrons. The fourth-order valence-corrected chi connectivity index (χ4v) is 3.69. The average Bonchev–Trinajstić information content (AvgIpc) is 2.82. The molecule has 1 aromatic heterocycles. The molecule has 0 spiro atoms. The Balaban J connectivity index is 1.75. The van der Waals surface area contributed by atoms with E-state index in [1.165, 1.54) is 0 Å². The van der Waals surface area contributed by atoms with Crippen LogP contribution in [0.2, 0.25) is 0 Å². The second-order valence-electron chi connectivity index (χ2n) is 5.90. The predicted octanol–water partition coefficient (Wildman–Crippen LogP) is 2.69. The van der Waals surface area contributed by atoms with Crippen molar-refractivity contribution in [3.8, 4) is 0 Å². The lowest BCUT2D eigenvalue weighted by molar-refractivity contribution is 0.0643. The maximum atomic E-state index is 13.0. The molecule has 2 bridgehead atoms. The van der Waals surface area contributed by atoms with Crippen molar-refractivity contribution in [1.29, 1.82) is 0 Å². The summed E-state index contributed by atoms with van der Waals surface area (Å²) in [5.74, 6) is 0.148. The monoisotopic (exact) mass is 279 g/mol. The molecule has 2 aromatic rings. The Kier molecular flexibility index (Phi) is 2.77. The molecule has 2 unspecified atom stereocenters. The number of benzene rings is 1. The fraction of sp³-hybridized carbons (Fsp3) is 0.353. The van der Waals surface area contributed by atoms with E-state index in [4.69, 9.17) is 0 Å². The summed E-state index contributed by atoms with van der Waals surface area (Å²) in [4.78, 5) is 23.6. The number of aromatic nitrogens is 2. The van der Waals surface area contributed by atoms with E-state index in [0.717, 1.165) is 41.6 Å². The van der Waals surface area contributed by atoms with Gasteiger partial charge in [0.1, 0.15) is 6.33 Å². The first kappa shape index (κ1) is 12.5. The third kappa shape index (κ3) is 1.86. The zero-order chi connectivity index (χ0) is 14.4. The van der Waals surface area contributed by atoms with Crippen LogP contribution < -0.4 is 0 Å². The SMILES string of the molecule is Cc1ccccc1C(=O)N1C2CCC1c1cncnc1C2. The molecule has 1 aromatic carbocycles. The molecule has 2 atom stereocenters. The van der Waals surface area contributed by atoms with Crippen molar-refractivity contribution in [2.24, 2.45) is 0 Å². The van der Waals surface area contributed by atoms with Gasteiger partial charge in [-0.2, -0.15) is 0 Å². The van der Waals surface area contributed by atoms with Gasteiger partial charge in [0.25, 0.3) is 5.91 Å². The third-order valence-corrected chi connectivity index (χ3v) is 4.73. The Morgan fingerprint density at radius 3 is 3.00 bits per heavy atom. The molecule has 1 saturated heterocycles. The van der Waals surface area contributed by atoms with Gasteiger partial charge in [-0.05, 0) is 31.4 Å². The molecule has 2 aliphatic heterocycles. The number of nitrogens with zero attached hydrogens (tertiary/aromatic N) is 3. The average molecular weight is 279 g/mol. The predicted molar refractivity (Wildman–Crippen MR) is 78.8 cm³/mol. The zero-order valence-corrected chi connectivity index (χ0v) is 12.0. The van der Waals surface area contributed by atoms with Crippen LogP contribution in [0.15, 0.2) is 36.8 Å². The Hall–Kier alpha value is -2.23.